The molecule has 1 aliphatic heterocycles. The molecule has 1 unspecified atom stereocenters. The van der Waals surface area contributed by atoms with E-state index in [9.17, 15) is 4.79 Å². The average molecular weight is 277 g/mol. The standard InChI is InChI=1S/C12H23NO2S2/c1-2-15-9-8-13-12(14)6-4-3-5-11-7-10-16-17-11/h11H,2-10H2,1H3,(H,13,14). The van der Waals surface area contributed by atoms with Crippen LogP contribution >= 0.6 is 21.6 Å². The predicted molar refractivity (Wildman–Crippen MR) is 76.4 cm³/mol. The second kappa shape index (κ2) is 10.1. The molecule has 0 aromatic carbocycles. The predicted octanol–water partition coefficient (Wildman–Crippen LogP) is 2.85. The summed E-state index contributed by atoms with van der Waals surface area (Å²) in [5.41, 5.74) is 0. The first-order chi connectivity index (χ1) is 8.33. The van der Waals surface area contributed by atoms with Crippen molar-refractivity contribution in [2.45, 2.75) is 44.3 Å². The van der Waals surface area contributed by atoms with Crippen molar-refractivity contribution in [3.8, 4) is 0 Å². The maximum atomic E-state index is 11.4. The third kappa shape index (κ3) is 7.95. The van der Waals surface area contributed by atoms with E-state index >= 15 is 0 Å². The van der Waals surface area contributed by atoms with E-state index in [-0.39, 0.29) is 5.91 Å². The fourth-order valence-electron chi connectivity index (χ4n) is 1.72. The summed E-state index contributed by atoms with van der Waals surface area (Å²) >= 11 is 0. The van der Waals surface area contributed by atoms with E-state index in [0.717, 1.165) is 11.7 Å². The molecular formula is C12H23NO2S2. The van der Waals surface area contributed by atoms with Crippen molar-refractivity contribution < 1.29 is 9.53 Å². The van der Waals surface area contributed by atoms with Crippen LogP contribution in [0.25, 0.3) is 0 Å². The molecule has 0 radical (unpaired) electrons. The summed E-state index contributed by atoms with van der Waals surface area (Å²) in [6.45, 7) is 3.94. The number of rotatable bonds is 9. The van der Waals surface area contributed by atoms with Gasteiger partial charge in [-0.1, -0.05) is 28.0 Å². The van der Waals surface area contributed by atoms with Crippen LogP contribution in [-0.2, 0) is 9.53 Å². The number of unbranched alkanes of at least 4 members (excludes halogenated alkanes) is 1. The molecule has 1 rings (SSSR count). The van der Waals surface area contributed by atoms with E-state index in [1.54, 1.807) is 0 Å². The Morgan fingerprint density at radius 1 is 1.47 bits per heavy atom. The fraction of sp³-hybridized carbons (Fsp3) is 0.917. The van der Waals surface area contributed by atoms with Crippen LogP contribution in [0.1, 0.15) is 39.0 Å². The summed E-state index contributed by atoms with van der Waals surface area (Å²) in [6, 6.07) is 0. The SMILES string of the molecule is CCOCCNC(=O)CCCCC1CCSS1. The molecule has 100 valence electrons. The van der Waals surface area contributed by atoms with Gasteiger partial charge in [-0.2, -0.15) is 0 Å². The van der Waals surface area contributed by atoms with Crippen molar-refractivity contribution in [1.82, 2.24) is 5.32 Å². The van der Waals surface area contributed by atoms with Crippen LogP contribution in [0, 0.1) is 0 Å². The van der Waals surface area contributed by atoms with Gasteiger partial charge in [-0.3, -0.25) is 4.79 Å². The molecule has 1 saturated heterocycles. The Morgan fingerprint density at radius 2 is 2.35 bits per heavy atom. The number of carbonyl (C=O) groups excluding carboxylic acids is 1. The monoisotopic (exact) mass is 277 g/mol. The second-order valence-electron chi connectivity index (χ2n) is 4.12. The number of carbonyl (C=O) groups is 1. The number of hydrogen-bond donors (Lipinski definition) is 1. The summed E-state index contributed by atoms with van der Waals surface area (Å²) in [6.07, 6.45) is 5.47. The fourth-order valence-corrected chi connectivity index (χ4v) is 4.75. The van der Waals surface area contributed by atoms with E-state index in [4.69, 9.17) is 4.74 Å². The van der Waals surface area contributed by atoms with Gasteiger partial charge in [0.15, 0.2) is 0 Å². The molecule has 3 nitrogen and oxygen atoms in total. The van der Waals surface area contributed by atoms with Crippen molar-refractivity contribution in [1.29, 1.82) is 0 Å². The molecule has 1 aliphatic rings. The van der Waals surface area contributed by atoms with Crippen LogP contribution in [0.4, 0.5) is 0 Å². The van der Waals surface area contributed by atoms with Crippen LogP contribution in [0.5, 0.6) is 0 Å². The van der Waals surface area contributed by atoms with Gasteiger partial charge in [0, 0.05) is 30.6 Å². The van der Waals surface area contributed by atoms with Gasteiger partial charge in [-0.25, -0.2) is 0 Å². The van der Waals surface area contributed by atoms with Gasteiger partial charge < -0.3 is 10.1 Å². The van der Waals surface area contributed by atoms with Gasteiger partial charge in [-0.15, -0.1) is 0 Å². The van der Waals surface area contributed by atoms with Gasteiger partial charge in [0.1, 0.15) is 0 Å². The average Bonchev–Trinajstić information content (AvgIpc) is 2.83. The molecule has 1 atom stereocenters. The Hall–Kier alpha value is 0.130. The Morgan fingerprint density at radius 3 is 3.06 bits per heavy atom. The highest BCUT2D eigenvalue weighted by Crippen LogP contribution is 2.39. The maximum absolute atomic E-state index is 11.4. The summed E-state index contributed by atoms with van der Waals surface area (Å²) in [4.78, 5) is 11.4. The topological polar surface area (TPSA) is 38.3 Å². The van der Waals surface area contributed by atoms with Crippen molar-refractivity contribution in [2.75, 3.05) is 25.5 Å². The minimum absolute atomic E-state index is 0.165. The van der Waals surface area contributed by atoms with E-state index in [2.05, 4.69) is 5.32 Å². The zero-order valence-electron chi connectivity index (χ0n) is 10.6. The normalized spacial score (nSPS) is 19.5. The van der Waals surface area contributed by atoms with Gasteiger partial charge in [0.05, 0.1) is 6.61 Å². The second-order valence-corrected chi connectivity index (χ2v) is 6.91. The Kier molecular flexibility index (Phi) is 9.01. The van der Waals surface area contributed by atoms with Gasteiger partial charge in [0.25, 0.3) is 0 Å². The minimum Gasteiger partial charge on any atom is -0.380 e. The third-order valence-corrected chi connectivity index (χ3v) is 5.69. The summed E-state index contributed by atoms with van der Waals surface area (Å²) in [7, 11) is 4.01. The van der Waals surface area contributed by atoms with E-state index < -0.39 is 0 Å². The summed E-state index contributed by atoms with van der Waals surface area (Å²) < 4.78 is 5.16. The lowest BCUT2D eigenvalue weighted by molar-refractivity contribution is -0.121. The lowest BCUT2D eigenvalue weighted by Crippen LogP contribution is -2.26. The molecule has 0 aromatic rings. The van der Waals surface area contributed by atoms with Crippen LogP contribution in [0.3, 0.4) is 0 Å². The zero-order valence-corrected chi connectivity index (χ0v) is 12.2. The molecule has 1 amide bonds. The van der Waals surface area contributed by atoms with Crippen LogP contribution in [0.15, 0.2) is 0 Å². The Labute approximate surface area is 112 Å². The van der Waals surface area contributed by atoms with Crippen LogP contribution in [0.2, 0.25) is 0 Å². The highest BCUT2D eigenvalue weighted by Gasteiger charge is 2.15. The molecular weight excluding hydrogens is 254 g/mol. The molecule has 0 aromatic heterocycles. The lowest BCUT2D eigenvalue weighted by atomic mass is 10.1. The number of hydrogen-bond acceptors (Lipinski definition) is 4. The summed E-state index contributed by atoms with van der Waals surface area (Å²) in [5.74, 6) is 1.46. The van der Waals surface area contributed by atoms with Crippen LogP contribution < -0.4 is 5.32 Å². The van der Waals surface area contributed by atoms with Crippen molar-refractivity contribution in [2.24, 2.45) is 0 Å². The lowest BCUT2D eigenvalue weighted by Gasteiger charge is -2.07. The Bertz CT molecular complexity index is 209. The van der Waals surface area contributed by atoms with Crippen molar-refractivity contribution in [3.63, 3.8) is 0 Å². The minimum atomic E-state index is 0.165. The quantitative estimate of drug-likeness (QED) is 0.519. The van der Waals surface area contributed by atoms with E-state index in [1.807, 2.05) is 28.5 Å². The molecule has 0 saturated carbocycles. The Balaban J connectivity index is 1.85. The van der Waals surface area contributed by atoms with Gasteiger partial charge >= 0.3 is 0 Å². The number of ether oxygens (including phenoxy) is 1. The van der Waals surface area contributed by atoms with Crippen LogP contribution in [-0.4, -0.2) is 36.7 Å². The highest BCUT2D eigenvalue weighted by atomic mass is 33.1. The largest absolute Gasteiger partial charge is 0.380 e. The van der Waals surface area contributed by atoms with Gasteiger partial charge in [0.2, 0.25) is 5.91 Å². The zero-order chi connectivity index (χ0) is 12.3. The maximum Gasteiger partial charge on any atom is 0.220 e. The first-order valence-corrected chi connectivity index (χ1v) is 8.84. The van der Waals surface area contributed by atoms with E-state index in [1.165, 1.54) is 25.0 Å². The van der Waals surface area contributed by atoms with Gasteiger partial charge in [-0.05, 0) is 26.2 Å². The molecule has 5 heteroatoms. The molecule has 1 fully saturated rings. The highest BCUT2D eigenvalue weighted by molar-refractivity contribution is 8.77. The molecule has 0 aliphatic carbocycles. The molecule has 1 N–H and O–H groups in total. The third-order valence-electron chi connectivity index (χ3n) is 2.68. The first-order valence-electron chi connectivity index (χ1n) is 6.45. The smallest absolute Gasteiger partial charge is 0.220 e. The van der Waals surface area contributed by atoms with Crippen molar-refractivity contribution >= 4 is 27.5 Å². The molecule has 0 spiro atoms. The molecule has 1 heterocycles. The molecule has 0 bridgehead atoms. The summed E-state index contributed by atoms with van der Waals surface area (Å²) in [5, 5.41) is 3.71. The molecule has 17 heavy (non-hydrogen) atoms. The number of nitrogens with one attached hydrogen (secondary N) is 1. The van der Waals surface area contributed by atoms with E-state index in [0.29, 0.717) is 26.2 Å². The number of amides is 1. The first kappa shape index (κ1) is 15.2. The van der Waals surface area contributed by atoms with Crippen molar-refractivity contribution in [3.05, 3.63) is 0 Å².